The van der Waals surface area contributed by atoms with Gasteiger partial charge in [-0.2, -0.15) is 13.2 Å². The zero-order valence-electron chi connectivity index (χ0n) is 19.6. The lowest BCUT2D eigenvalue weighted by Gasteiger charge is -2.54. The van der Waals surface area contributed by atoms with Crippen molar-refractivity contribution in [1.29, 1.82) is 0 Å². The van der Waals surface area contributed by atoms with Crippen molar-refractivity contribution in [3.05, 3.63) is 95.1 Å². The number of nitrogens with one attached hydrogen (secondary N) is 1. The monoisotopic (exact) mass is 465 g/mol. The Hall–Kier alpha value is -2.99. The van der Waals surface area contributed by atoms with Gasteiger partial charge in [0.05, 0.1) is 11.1 Å². The fourth-order valence-electron chi connectivity index (χ4n) is 5.68. The van der Waals surface area contributed by atoms with Crippen molar-refractivity contribution in [3.8, 4) is 0 Å². The van der Waals surface area contributed by atoms with E-state index in [1.54, 1.807) is 12.1 Å². The van der Waals surface area contributed by atoms with Gasteiger partial charge in [-0.1, -0.05) is 36.4 Å². The third-order valence-corrected chi connectivity index (χ3v) is 7.39. The molecule has 0 aliphatic carbocycles. The van der Waals surface area contributed by atoms with E-state index in [-0.39, 0.29) is 11.6 Å². The van der Waals surface area contributed by atoms with Gasteiger partial charge < -0.3 is 10.2 Å². The minimum Gasteiger partial charge on any atom is -0.382 e. The van der Waals surface area contributed by atoms with Crippen LogP contribution in [0.25, 0.3) is 0 Å². The number of halogens is 3. The maximum atomic E-state index is 13.0. The van der Waals surface area contributed by atoms with E-state index in [1.807, 2.05) is 14.1 Å². The topological polar surface area (TPSA) is 18.5 Å². The highest BCUT2D eigenvalue weighted by Crippen LogP contribution is 2.48. The second-order valence-corrected chi connectivity index (χ2v) is 9.60. The first-order valence-corrected chi connectivity index (χ1v) is 11.8. The van der Waals surface area contributed by atoms with Gasteiger partial charge in [0.1, 0.15) is 0 Å². The van der Waals surface area contributed by atoms with Gasteiger partial charge in [0, 0.05) is 44.6 Å². The van der Waals surface area contributed by atoms with Gasteiger partial charge in [-0.25, -0.2) is 0 Å². The molecule has 6 heteroatoms. The summed E-state index contributed by atoms with van der Waals surface area (Å²) in [6, 6.07) is 23.1. The Balaban J connectivity index is 1.51. The Labute approximate surface area is 199 Å². The van der Waals surface area contributed by atoms with Crippen LogP contribution >= 0.6 is 0 Å². The molecule has 0 spiro atoms. The standard InChI is InChI=1S/C28H30F3N3/c1-33(2)25-13-9-21(10-14-25)27-19-24(32-23-11-7-22(8-12-23)28(29,30)31)16-18-34(27)17-15-20-5-3-4-6-26(20)27/h3-14,24,32H,15-19H2,1-2H3. The van der Waals surface area contributed by atoms with Gasteiger partial charge in [0.15, 0.2) is 0 Å². The number of alkyl halides is 3. The zero-order valence-corrected chi connectivity index (χ0v) is 19.6. The quantitative estimate of drug-likeness (QED) is 0.499. The predicted molar refractivity (Wildman–Crippen MR) is 131 cm³/mol. The number of piperidine rings is 1. The van der Waals surface area contributed by atoms with Crippen LogP contribution in [0.5, 0.6) is 0 Å². The Morgan fingerprint density at radius 2 is 1.62 bits per heavy atom. The number of benzene rings is 3. The van der Waals surface area contributed by atoms with Crippen LogP contribution in [0, 0.1) is 0 Å². The molecule has 2 heterocycles. The summed E-state index contributed by atoms with van der Waals surface area (Å²) in [7, 11) is 4.08. The molecule has 0 aromatic heterocycles. The van der Waals surface area contributed by atoms with Gasteiger partial charge in [-0.05, 0) is 72.4 Å². The van der Waals surface area contributed by atoms with Crippen LogP contribution in [0.2, 0.25) is 0 Å². The highest BCUT2D eigenvalue weighted by atomic mass is 19.4. The molecule has 3 aromatic carbocycles. The molecule has 2 unspecified atom stereocenters. The second-order valence-electron chi connectivity index (χ2n) is 9.60. The molecule has 1 saturated heterocycles. The van der Waals surface area contributed by atoms with Crippen molar-refractivity contribution in [2.45, 2.75) is 37.0 Å². The van der Waals surface area contributed by atoms with E-state index < -0.39 is 11.7 Å². The molecular weight excluding hydrogens is 435 g/mol. The van der Waals surface area contributed by atoms with E-state index in [2.05, 4.69) is 63.6 Å². The molecule has 0 radical (unpaired) electrons. The Kier molecular flexibility index (Phi) is 5.80. The maximum absolute atomic E-state index is 13.0. The molecular formula is C28H30F3N3. The van der Waals surface area contributed by atoms with E-state index >= 15 is 0 Å². The molecule has 5 rings (SSSR count). The zero-order chi connectivity index (χ0) is 23.9. The van der Waals surface area contributed by atoms with Gasteiger partial charge in [0.25, 0.3) is 0 Å². The van der Waals surface area contributed by atoms with Crippen molar-refractivity contribution >= 4 is 11.4 Å². The number of hydrogen-bond acceptors (Lipinski definition) is 3. The lowest BCUT2D eigenvalue weighted by atomic mass is 9.69. The minimum absolute atomic E-state index is 0.146. The summed E-state index contributed by atoms with van der Waals surface area (Å²) in [6.07, 6.45) is -1.49. The fraction of sp³-hybridized carbons (Fsp3) is 0.357. The molecule has 3 nitrogen and oxygen atoms in total. The van der Waals surface area contributed by atoms with E-state index in [4.69, 9.17) is 0 Å². The van der Waals surface area contributed by atoms with Crippen LogP contribution in [0.4, 0.5) is 24.5 Å². The van der Waals surface area contributed by atoms with Crippen LogP contribution in [-0.4, -0.2) is 38.1 Å². The largest absolute Gasteiger partial charge is 0.416 e. The highest BCUT2D eigenvalue weighted by Gasteiger charge is 2.48. The summed E-state index contributed by atoms with van der Waals surface area (Å²) < 4.78 is 39.0. The summed E-state index contributed by atoms with van der Waals surface area (Å²) >= 11 is 0. The molecule has 2 aliphatic rings. The molecule has 1 N–H and O–H groups in total. The summed E-state index contributed by atoms with van der Waals surface area (Å²) in [4.78, 5) is 4.70. The third-order valence-electron chi connectivity index (χ3n) is 7.39. The molecule has 0 saturated carbocycles. The Bertz CT molecular complexity index is 1140. The maximum Gasteiger partial charge on any atom is 0.416 e. The second kappa shape index (κ2) is 8.66. The molecule has 0 amide bonds. The Morgan fingerprint density at radius 3 is 2.29 bits per heavy atom. The molecule has 0 bridgehead atoms. The first kappa shape index (κ1) is 22.8. The summed E-state index contributed by atoms with van der Waals surface area (Å²) in [5.41, 5.74) is 5.00. The van der Waals surface area contributed by atoms with Crippen molar-refractivity contribution in [2.24, 2.45) is 0 Å². The predicted octanol–water partition coefficient (Wildman–Crippen LogP) is 6.15. The summed E-state index contributed by atoms with van der Waals surface area (Å²) in [5, 5.41) is 3.55. The van der Waals surface area contributed by atoms with E-state index in [1.165, 1.54) is 16.7 Å². The lowest BCUT2D eigenvalue weighted by Crippen LogP contribution is -2.57. The van der Waals surface area contributed by atoms with Crippen molar-refractivity contribution in [2.75, 3.05) is 37.4 Å². The fourth-order valence-corrected chi connectivity index (χ4v) is 5.68. The van der Waals surface area contributed by atoms with Crippen LogP contribution in [0.15, 0.2) is 72.8 Å². The van der Waals surface area contributed by atoms with E-state index in [0.29, 0.717) is 0 Å². The average Bonchev–Trinajstić information content (AvgIpc) is 2.83. The van der Waals surface area contributed by atoms with Crippen molar-refractivity contribution in [3.63, 3.8) is 0 Å². The lowest BCUT2D eigenvalue weighted by molar-refractivity contribution is -0.137. The minimum atomic E-state index is -4.32. The first-order valence-electron chi connectivity index (χ1n) is 11.8. The SMILES string of the molecule is CN(C)c1ccc(C23CC(Nc4ccc(C(F)(F)F)cc4)CCN2CCc2ccccc23)cc1. The number of rotatable bonds is 4. The summed E-state index contributed by atoms with van der Waals surface area (Å²) in [5.74, 6) is 0. The van der Waals surface area contributed by atoms with Gasteiger partial charge in [-0.15, -0.1) is 0 Å². The third kappa shape index (κ3) is 4.05. The molecule has 3 aromatic rings. The van der Waals surface area contributed by atoms with E-state index in [9.17, 15) is 13.2 Å². The van der Waals surface area contributed by atoms with Crippen molar-refractivity contribution < 1.29 is 13.2 Å². The van der Waals surface area contributed by atoms with Gasteiger partial charge in [0.2, 0.25) is 0 Å². The number of anilines is 2. The highest BCUT2D eigenvalue weighted by molar-refractivity contribution is 5.53. The number of fused-ring (bicyclic) bond motifs is 3. The smallest absolute Gasteiger partial charge is 0.382 e. The van der Waals surface area contributed by atoms with Crippen LogP contribution in [0.3, 0.4) is 0 Å². The van der Waals surface area contributed by atoms with Crippen LogP contribution in [0.1, 0.15) is 35.1 Å². The number of nitrogens with zero attached hydrogens (tertiary/aromatic N) is 2. The van der Waals surface area contributed by atoms with Crippen LogP contribution in [-0.2, 0) is 18.1 Å². The summed E-state index contributed by atoms with van der Waals surface area (Å²) in [6.45, 7) is 1.93. The molecule has 2 aliphatic heterocycles. The normalized spacial score (nSPS) is 22.6. The molecule has 34 heavy (non-hydrogen) atoms. The van der Waals surface area contributed by atoms with Gasteiger partial charge in [-0.3, -0.25) is 4.90 Å². The average molecular weight is 466 g/mol. The molecule has 2 atom stereocenters. The first-order chi connectivity index (χ1) is 16.3. The van der Waals surface area contributed by atoms with Crippen molar-refractivity contribution in [1.82, 2.24) is 4.90 Å². The molecule has 1 fully saturated rings. The Morgan fingerprint density at radius 1 is 0.912 bits per heavy atom. The van der Waals surface area contributed by atoms with E-state index in [0.717, 1.165) is 55.9 Å². The number of hydrogen-bond donors (Lipinski definition) is 1. The van der Waals surface area contributed by atoms with Crippen LogP contribution < -0.4 is 10.2 Å². The molecule has 178 valence electrons. The van der Waals surface area contributed by atoms with Gasteiger partial charge >= 0.3 is 6.18 Å².